The summed E-state index contributed by atoms with van der Waals surface area (Å²) in [6, 6.07) is 1.45. The second kappa shape index (κ2) is 6.30. The van der Waals surface area contributed by atoms with E-state index in [9.17, 15) is 4.79 Å². The van der Waals surface area contributed by atoms with E-state index in [4.69, 9.17) is 14.6 Å². The summed E-state index contributed by atoms with van der Waals surface area (Å²) in [7, 11) is 0. The Balaban J connectivity index is 2.68. The predicted molar refractivity (Wildman–Crippen MR) is 58.3 cm³/mol. The minimum Gasteiger partial charge on any atom is -0.478 e. The van der Waals surface area contributed by atoms with E-state index in [2.05, 4.69) is 0 Å². The summed E-state index contributed by atoms with van der Waals surface area (Å²) in [5, 5.41) is 17.8. The van der Waals surface area contributed by atoms with Gasteiger partial charge in [-0.25, -0.2) is 4.79 Å². The average molecular weight is 227 g/mol. The fourth-order valence-corrected chi connectivity index (χ4v) is 1.58. The van der Waals surface area contributed by atoms with Crippen LogP contribution in [-0.4, -0.2) is 40.8 Å². The van der Waals surface area contributed by atoms with Crippen LogP contribution in [0.15, 0.2) is 16.7 Å². The highest BCUT2D eigenvalue weighted by Gasteiger charge is 2.15. The standard InChI is InChI=1S/C11H17NO4/c1-2-4-12(5-6-13)8-10-9(11(14)15)3-7-16-10/h3,7,13H,2,4-6,8H2,1H3,(H,14,15). The minimum absolute atomic E-state index is 0.0586. The summed E-state index contributed by atoms with van der Waals surface area (Å²) >= 11 is 0. The number of carboxylic acid groups (broad SMARTS) is 1. The lowest BCUT2D eigenvalue weighted by Crippen LogP contribution is -2.27. The molecule has 16 heavy (non-hydrogen) atoms. The van der Waals surface area contributed by atoms with E-state index in [1.807, 2.05) is 11.8 Å². The molecular formula is C11H17NO4. The number of aliphatic hydroxyl groups excluding tert-OH is 1. The molecule has 0 unspecified atom stereocenters. The molecule has 90 valence electrons. The van der Waals surface area contributed by atoms with E-state index < -0.39 is 5.97 Å². The third-order valence-corrected chi connectivity index (χ3v) is 2.30. The van der Waals surface area contributed by atoms with E-state index in [1.165, 1.54) is 12.3 Å². The Labute approximate surface area is 94.3 Å². The zero-order chi connectivity index (χ0) is 12.0. The van der Waals surface area contributed by atoms with Crippen LogP contribution in [0, 0.1) is 0 Å². The molecule has 5 nitrogen and oxygen atoms in total. The van der Waals surface area contributed by atoms with Crippen molar-refractivity contribution < 1.29 is 19.4 Å². The molecule has 0 saturated heterocycles. The van der Waals surface area contributed by atoms with Gasteiger partial charge in [0.15, 0.2) is 0 Å². The van der Waals surface area contributed by atoms with Crippen LogP contribution < -0.4 is 0 Å². The van der Waals surface area contributed by atoms with Gasteiger partial charge in [-0.1, -0.05) is 6.92 Å². The Morgan fingerprint density at radius 3 is 2.81 bits per heavy atom. The van der Waals surface area contributed by atoms with Crippen molar-refractivity contribution in [3.05, 3.63) is 23.7 Å². The predicted octanol–water partition coefficient (Wildman–Crippen LogP) is 1.18. The van der Waals surface area contributed by atoms with Gasteiger partial charge >= 0.3 is 5.97 Å². The molecule has 0 atom stereocenters. The van der Waals surface area contributed by atoms with Crippen LogP contribution in [0.1, 0.15) is 29.5 Å². The number of aromatic carboxylic acids is 1. The van der Waals surface area contributed by atoms with Gasteiger partial charge in [-0.3, -0.25) is 4.90 Å². The molecule has 0 spiro atoms. The van der Waals surface area contributed by atoms with Gasteiger partial charge in [-0.2, -0.15) is 0 Å². The maximum absolute atomic E-state index is 10.9. The molecule has 0 saturated carbocycles. The number of rotatable bonds is 7. The van der Waals surface area contributed by atoms with Crippen molar-refractivity contribution >= 4 is 5.97 Å². The number of carbonyl (C=O) groups is 1. The maximum atomic E-state index is 10.9. The summed E-state index contributed by atoms with van der Waals surface area (Å²) in [5.41, 5.74) is 0.194. The molecule has 1 rings (SSSR count). The smallest absolute Gasteiger partial charge is 0.339 e. The molecule has 0 bridgehead atoms. The van der Waals surface area contributed by atoms with Crippen molar-refractivity contribution in [2.75, 3.05) is 19.7 Å². The zero-order valence-corrected chi connectivity index (χ0v) is 9.35. The Kier molecular flexibility index (Phi) is 5.01. The Morgan fingerprint density at radius 2 is 2.25 bits per heavy atom. The third kappa shape index (κ3) is 3.36. The van der Waals surface area contributed by atoms with E-state index in [1.54, 1.807) is 0 Å². The first-order chi connectivity index (χ1) is 7.69. The van der Waals surface area contributed by atoms with Crippen LogP contribution in [0.3, 0.4) is 0 Å². The lowest BCUT2D eigenvalue weighted by Gasteiger charge is -2.19. The molecule has 1 heterocycles. The molecule has 0 aliphatic rings. The van der Waals surface area contributed by atoms with Crippen molar-refractivity contribution in [1.82, 2.24) is 4.90 Å². The number of hydrogen-bond donors (Lipinski definition) is 2. The first kappa shape index (κ1) is 12.7. The molecule has 0 aliphatic carbocycles. The minimum atomic E-state index is -0.982. The highest BCUT2D eigenvalue weighted by molar-refractivity contribution is 5.88. The Morgan fingerprint density at radius 1 is 1.50 bits per heavy atom. The molecule has 0 aliphatic heterocycles. The van der Waals surface area contributed by atoms with Gasteiger partial charge in [0.05, 0.1) is 19.4 Å². The monoisotopic (exact) mass is 227 g/mol. The van der Waals surface area contributed by atoms with Crippen molar-refractivity contribution in [3.63, 3.8) is 0 Å². The fraction of sp³-hybridized carbons (Fsp3) is 0.545. The highest BCUT2D eigenvalue weighted by Crippen LogP contribution is 2.13. The van der Waals surface area contributed by atoms with Gasteiger partial charge in [0.1, 0.15) is 11.3 Å². The maximum Gasteiger partial charge on any atom is 0.339 e. The van der Waals surface area contributed by atoms with E-state index in [0.29, 0.717) is 18.8 Å². The van der Waals surface area contributed by atoms with Gasteiger partial charge in [-0.15, -0.1) is 0 Å². The van der Waals surface area contributed by atoms with Crippen molar-refractivity contribution in [2.45, 2.75) is 19.9 Å². The molecule has 2 N–H and O–H groups in total. The van der Waals surface area contributed by atoms with E-state index in [0.717, 1.165) is 13.0 Å². The van der Waals surface area contributed by atoms with Crippen LogP contribution in [-0.2, 0) is 6.54 Å². The third-order valence-electron chi connectivity index (χ3n) is 2.30. The summed E-state index contributed by atoms with van der Waals surface area (Å²) in [4.78, 5) is 12.8. The van der Waals surface area contributed by atoms with Gasteiger partial charge in [0, 0.05) is 6.54 Å². The Hall–Kier alpha value is -1.33. The largest absolute Gasteiger partial charge is 0.478 e. The van der Waals surface area contributed by atoms with E-state index >= 15 is 0 Å². The zero-order valence-electron chi connectivity index (χ0n) is 9.35. The van der Waals surface area contributed by atoms with Gasteiger partial charge in [-0.05, 0) is 19.0 Å². The lowest BCUT2D eigenvalue weighted by atomic mass is 10.2. The molecule has 1 aromatic heterocycles. The number of nitrogens with zero attached hydrogens (tertiary/aromatic N) is 1. The number of aliphatic hydroxyl groups is 1. The molecule has 5 heteroatoms. The lowest BCUT2D eigenvalue weighted by molar-refractivity contribution is 0.0692. The number of furan rings is 1. The fourth-order valence-electron chi connectivity index (χ4n) is 1.58. The van der Waals surface area contributed by atoms with Crippen LogP contribution in [0.25, 0.3) is 0 Å². The van der Waals surface area contributed by atoms with Crippen LogP contribution in [0.4, 0.5) is 0 Å². The van der Waals surface area contributed by atoms with Crippen molar-refractivity contribution in [3.8, 4) is 0 Å². The van der Waals surface area contributed by atoms with Crippen molar-refractivity contribution in [1.29, 1.82) is 0 Å². The van der Waals surface area contributed by atoms with Gasteiger partial charge in [0.2, 0.25) is 0 Å². The summed E-state index contributed by atoms with van der Waals surface area (Å²) in [6.07, 6.45) is 2.32. The SMILES string of the molecule is CCCN(CCO)Cc1occc1C(=O)O. The van der Waals surface area contributed by atoms with Gasteiger partial charge in [0.25, 0.3) is 0 Å². The first-order valence-corrected chi connectivity index (χ1v) is 5.32. The molecule has 0 radical (unpaired) electrons. The molecule has 0 fully saturated rings. The quantitative estimate of drug-likeness (QED) is 0.731. The topological polar surface area (TPSA) is 73.9 Å². The molecule has 0 amide bonds. The first-order valence-electron chi connectivity index (χ1n) is 5.32. The summed E-state index contributed by atoms with van der Waals surface area (Å²) in [6.45, 7) is 3.84. The van der Waals surface area contributed by atoms with E-state index in [-0.39, 0.29) is 12.2 Å². The number of carboxylic acids is 1. The second-order valence-corrected chi connectivity index (χ2v) is 3.56. The van der Waals surface area contributed by atoms with Crippen LogP contribution in [0.5, 0.6) is 0 Å². The number of hydrogen-bond acceptors (Lipinski definition) is 4. The molecular weight excluding hydrogens is 210 g/mol. The van der Waals surface area contributed by atoms with Crippen molar-refractivity contribution in [2.24, 2.45) is 0 Å². The second-order valence-electron chi connectivity index (χ2n) is 3.56. The van der Waals surface area contributed by atoms with Crippen LogP contribution >= 0.6 is 0 Å². The Bertz CT molecular complexity index is 328. The van der Waals surface area contributed by atoms with Crippen LogP contribution in [0.2, 0.25) is 0 Å². The molecule has 0 aromatic carbocycles. The summed E-state index contributed by atoms with van der Waals surface area (Å²) < 4.78 is 5.14. The molecule has 1 aromatic rings. The summed E-state index contributed by atoms with van der Waals surface area (Å²) in [5.74, 6) is -0.543. The average Bonchev–Trinajstić information content (AvgIpc) is 2.66. The van der Waals surface area contributed by atoms with Gasteiger partial charge < -0.3 is 14.6 Å². The highest BCUT2D eigenvalue weighted by atomic mass is 16.4. The normalized spacial score (nSPS) is 10.9.